The Morgan fingerprint density at radius 1 is 1.03 bits per heavy atom. The Morgan fingerprint density at radius 3 is 2.36 bits per heavy atom. The fourth-order valence-electron chi connectivity index (χ4n) is 4.49. The van der Waals surface area contributed by atoms with Crippen LogP contribution in [0.15, 0.2) is 48.5 Å². The second-order valence-electron chi connectivity index (χ2n) is 8.23. The van der Waals surface area contributed by atoms with E-state index in [0.29, 0.717) is 26.0 Å². The number of fused-ring (bicyclic) bond motifs is 3. The summed E-state index contributed by atoms with van der Waals surface area (Å²) in [6.07, 6.45) is 0.891. The summed E-state index contributed by atoms with van der Waals surface area (Å²) in [4.78, 5) is 37.2. The minimum Gasteiger partial charge on any atom is -0.480 e. The number of carboxylic acid groups (broad SMARTS) is 1. The van der Waals surface area contributed by atoms with Crippen LogP contribution < -0.4 is 5.32 Å². The van der Waals surface area contributed by atoms with Gasteiger partial charge in [-0.25, -0.2) is 9.59 Å². The van der Waals surface area contributed by atoms with Gasteiger partial charge in [0.25, 0.3) is 0 Å². The van der Waals surface area contributed by atoms with Gasteiger partial charge in [-0.15, -0.1) is 0 Å². The smallest absolute Gasteiger partial charge is 0.407 e. The summed E-state index contributed by atoms with van der Waals surface area (Å²) in [7, 11) is 0. The number of nitrogens with one attached hydrogen (secondary N) is 1. The monoisotopic (exact) mass is 452 g/mol. The number of carbonyl (C=O) groups is 3. The van der Waals surface area contributed by atoms with Gasteiger partial charge in [-0.05, 0) is 35.1 Å². The highest BCUT2D eigenvalue weighted by Gasteiger charge is 2.32. The molecule has 2 aromatic rings. The lowest BCUT2D eigenvalue weighted by Gasteiger charge is -2.32. The molecule has 2 amide bonds. The van der Waals surface area contributed by atoms with Crippen LogP contribution in [-0.4, -0.2) is 66.9 Å². The molecule has 1 aliphatic heterocycles. The normalized spacial score (nSPS) is 17.2. The summed E-state index contributed by atoms with van der Waals surface area (Å²) in [5.41, 5.74) is 4.68. The van der Waals surface area contributed by atoms with E-state index in [0.717, 1.165) is 11.1 Å². The van der Waals surface area contributed by atoms with Crippen molar-refractivity contribution < 1.29 is 29.0 Å². The van der Waals surface area contributed by atoms with Crippen LogP contribution in [0.25, 0.3) is 11.1 Å². The summed E-state index contributed by atoms with van der Waals surface area (Å²) < 4.78 is 10.7. The third-order valence-corrected chi connectivity index (χ3v) is 6.16. The van der Waals surface area contributed by atoms with Gasteiger partial charge in [0, 0.05) is 25.4 Å². The van der Waals surface area contributed by atoms with Crippen molar-refractivity contribution in [1.29, 1.82) is 0 Å². The molecule has 1 fully saturated rings. The molecule has 2 aliphatic rings. The third-order valence-electron chi connectivity index (χ3n) is 6.16. The second-order valence-corrected chi connectivity index (χ2v) is 8.23. The molecule has 1 aliphatic carbocycles. The quantitative estimate of drug-likeness (QED) is 0.597. The molecule has 174 valence electrons. The molecule has 8 nitrogen and oxygen atoms in total. The molecule has 0 aromatic heterocycles. The minimum atomic E-state index is -1.06. The first kappa shape index (κ1) is 22.8. The topological polar surface area (TPSA) is 105 Å². The molecule has 2 aromatic carbocycles. The number of carbonyl (C=O) groups excluding carboxylic acids is 2. The highest BCUT2D eigenvalue weighted by molar-refractivity contribution is 5.84. The first-order valence-electron chi connectivity index (χ1n) is 11.2. The number of carboxylic acids is 1. The van der Waals surface area contributed by atoms with Gasteiger partial charge in [0.15, 0.2) is 6.04 Å². The summed E-state index contributed by atoms with van der Waals surface area (Å²) >= 11 is 0. The minimum absolute atomic E-state index is 0.0106. The largest absolute Gasteiger partial charge is 0.480 e. The molecule has 0 spiro atoms. The molecule has 33 heavy (non-hydrogen) atoms. The van der Waals surface area contributed by atoms with Crippen LogP contribution in [0.1, 0.15) is 36.3 Å². The number of ether oxygens (including phenoxy) is 2. The third kappa shape index (κ3) is 5.17. The van der Waals surface area contributed by atoms with Crippen molar-refractivity contribution in [2.24, 2.45) is 0 Å². The number of alkyl carbamates (subject to hydrolysis) is 1. The van der Waals surface area contributed by atoms with Gasteiger partial charge in [-0.3, -0.25) is 4.79 Å². The number of unbranched alkanes of at least 4 members (excludes halogenated alkanes) is 1. The lowest BCUT2D eigenvalue weighted by atomic mass is 9.98. The van der Waals surface area contributed by atoms with E-state index >= 15 is 0 Å². The van der Waals surface area contributed by atoms with Gasteiger partial charge in [0.1, 0.15) is 6.61 Å². The molecule has 1 saturated heterocycles. The van der Waals surface area contributed by atoms with Gasteiger partial charge in [0.05, 0.1) is 13.2 Å². The highest BCUT2D eigenvalue weighted by Crippen LogP contribution is 2.44. The first-order valence-corrected chi connectivity index (χ1v) is 11.2. The Hall–Kier alpha value is -3.39. The Labute approximate surface area is 192 Å². The van der Waals surface area contributed by atoms with Crippen LogP contribution in [0.3, 0.4) is 0 Å². The molecule has 0 bridgehead atoms. The zero-order chi connectivity index (χ0) is 23.2. The predicted octanol–water partition coefficient (Wildman–Crippen LogP) is 3.01. The van der Waals surface area contributed by atoms with Crippen molar-refractivity contribution in [3.05, 3.63) is 59.7 Å². The van der Waals surface area contributed by atoms with E-state index in [9.17, 15) is 19.5 Å². The van der Waals surface area contributed by atoms with Crippen LogP contribution in [-0.2, 0) is 19.1 Å². The van der Waals surface area contributed by atoms with Gasteiger partial charge < -0.3 is 24.8 Å². The fourth-order valence-corrected chi connectivity index (χ4v) is 4.49. The standard InChI is InChI=1S/C25H28N2O6/c28-23(27-13-14-32-16-22(27)24(29)30)11-5-6-12-26-25(31)33-15-21-19-9-3-1-7-17(19)18-8-2-4-10-20(18)21/h1-4,7-10,21-22H,5-6,11-16H2,(H,26,31)(H,29,30). The molecule has 4 rings (SSSR count). The molecule has 0 radical (unpaired) electrons. The Bertz CT molecular complexity index is 978. The summed E-state index contributed by atoms with van der Waals surface area (Å²) in [6.45, 7) is 1.29. The van der Waals surface area contributed by atoms with Crippen molar-refractivity contribution in [2.75, 3.05) is 32.9 Å². The van der Waals surface area contributed by atoms with Crippen LogP contribution in [0.5, 0.6) is 0 Å². The van der Waals surface area contributed by atoms with Crippen molar-refractivity contribution in [3.8, 4) is 11.1 Å². The average molecular weight is 453 g/mol. The molecule has 0 saturated carbocycles. The van der Waals surface area contributed by atoms with Crippen LogP contribution in [0.2, 0.25) is 0 Å². The Kier molecular flexibility index (Phi) is 7.24. The number of hydrogen-bond donors (Lipinski definition) is 2. The lowest BCUT2D eigenvalue weighted by Crippen LogP contribution is -2.52. The maximum Gasteiger partial charge on any atom is 0.407 e. The van der Waals surface area contributed by atoms with Crippen LogP contribution in [0, 0.1) is 0 Å². The van der Waals surface area contributed by atoms with Crippen LogP contribution in [0.4, 0.5) is 4.79 Å². The van der Waals surface area contributed by atoms with Gasteiger partial charge >= 0.3 is 12.1 Å². The number of rotatable bonds is 8. The Morgan fingerprint density at radius 2 is 1.70 bits per heavy atom. The van der Waals surface area contributed by atoms with E-state index in [2.05, 4.69) is 29.6 Å². The Balaban J connectivity index is 1.19. The van der Waals surface area contributed by atoms with Crippen molar-refractivity contribution >= 4 is 18.0 Å². The van der Waals surface area contributed by atoms with E-state index in [1.165, 1.54) is 16.0 Å². The van der Waals surface area contributed by atoms with E-state index in [4.69, 9.17) is 9.47 Å². The molecular formula is C25H28N2O6. The van der Waals surface area contributed by atoms with E-state index in [1.54, 1.807) is 0 Å². The van der Waals surface area contributed by atoms with Crippen molar-refractivity contribution in [3.63, 3.8) is 0 Å². The van der Waals surface area contributed by atoms with Crippen LogP contribution >= 0.6 is 0 Å². The van der Waals surface area contributed by atoms with Crippen molar-refractivity contribution in [2.45, 2.75) is 31.2 Å². The average Bonchev–Trinajstić information content (AvgIpc) is 3.16. The number of hydrogen-bond acceptors (Lipinski definition) is 5. The van der Waals surface area contributed by atoms with Gasteiger partial charge in [0.2, 0.25) is 5.91 Å². The second kappa shape index (κ2) is 10.5. The molecule has 1 heterocycles. The summed E-state index contributed by atoms with van der Waals surface area (Å²) in [5.74, 6) is -1.25. The zero-order valence-corrected chi connectivity index (χ0v) is 18.4. The molecule has 1 unspecified atom stereocenters. The molecule has 2 N–H and O–H groups in total. The maximum absolute atomic E-state index is 12.4. The SMILES string of the molecule is O=C(NCCCCC(=O)N1CCOCC1C(=O)O)OCC1c2ccccc2-c2ccccc21. The van der Waals surface area contributed by atoms with E-state index < -0.39 is 18.1 Å². The molecular weight excluding hydrogens is 424 g/mol. The zero-order valence-electron chi connectivity index (χ0n) is 18.4. The number of benzene rings is 2. The van der Waals surface area contributed by atoms with Gasteiger partial charge in [-0.1, -0.05) is 48.5 Å². The molecule has 1 atom stereocenters. The maximum atomic E-state index is 12.4. The van der Waals surface area contributed by atoms with E-state index in [-0.39, 0.29) is 38.0 Å². The molecule has 8 heteroatoms. The number of nitrogens with zero attached hydrogens (tertiary/aromatic N) is 1. The van der Waals surface area contributed by atoms with Crippen molar-refractivity contribution in [1.82, 2.24) is 10.2 Å². The number of amides is 2. The number of morpholine rings is 1. The van der Waals surface area contributed by atoms with Gasteiger partial charge in [-0.2, -0.15) is 0 Å². The lowest BCUT2D eigenvalue weighted by molar-refractivity contribution is -0.158. The summed E-state index contributed by atoms with van der Waals surface area (Å²) in [6, 6.07) is 15.4. The first-order chi connectivity index (χ1) is 16.1. The number of aliphatic carboxylic acids is 1. The summed E-state index contributed by atoms with van der Waals surface area (Å²) in [5, 5.41) is 12.0. The van der Waals surface area contributed by atoms with E-state index in [1.807, 2.05) is 24.3 Å². The predicted molar refractivity (Wildman–Crippen MR) is 121 cm³/mol. The fraction of sp³-hybridized carbons (Fsp3) is 0.400. The highest BCUT2D eigenvalue weighted by atomic mass is 16.5.